The fraction of sp³-hybridized carbons (Fsp3) is 0.538. The zero-order chi connectivity index (χ0) is 14.2. The van der Waals surface area contributed by atoms with Crippen LogP contribution in [0.2, 0.25) is 0 Å². The van der Waals surface area contributed by atoms with Gasteiger partial charge in [0.1, 0.15) is 17.6 Å². The molecule has 3 nitrogen and oxygen atoms in total. The van der Waals surface area contributed by atoms with Crippen LogP contribution in [0.3, 0.4) is 0 Å². The normalized spacial score (nSPS) is 19.8. The van der Waals surface area contributed by atoms with Gasteiger partial charge in [-0.1, -0.05) is 0 Å². The molecule has 0 aliphatic carbocycles. The molecule has 19 heavy (non-hydrogen) atoms. The largest absolute Gasteiger partial charge is 0.493 e. The van der Waals surface area contributed by atoms with Gasteiger partial charge in [0.25, 0.3) is 0 Å². The Morgan fingerprint density at radius 2 is 2.26 bits per heavy atom. The maximum atomic E-state index is 13.2. The number of benzene rings is 1. The van der Waals surface area contributed by atoms with Gasteiger partial charge in [0.2, 0.25) is 0 Å². The molecule has 6 heteroatoms. The summed E-state index contributed by atoms with van der Waals surface area (Å²) in [5, 5.41) is 9.73. The van der Waals surface area contributed by atoms with Crippen molar-refractivity contribution in [2.75, 3.05) is 6.61 Å². The van der Waals surface area contributed by atoms with E-state index in [1.54, 1.807) is 13.0 Å². The number of hydrogen-bond acceptors (Lipinski definition) is 3. The molecule has 0 saturated carbocycles. The van der Waals surface area contributed by atoms with Crippen molar-refractivity contribution in [2.45, 2.75) is 37.3 Å². The number of rotatable bonds is 4. The quantitative estimate of drug-likeness (QED) is 0.856. The first-order valence-electron chi connectivity index (χ1n) is 6.04. The van der Waals surface area contributed by atoms with Gasteiger partial charge in [0, 0.05) is 17.5 Å². The van der Waals surface area contributed by atoms with Gasteiger partial charge in [-0.2, -0.15) is 8.78 Å². The van der Waals surface area contributed by atoms with Crippen molar-refractivity contribution in [1.29, 1.82) is 0 Å². The molecule has 0 fully saturated rings. The van der Waals surface area contributed by atoms with Crippen molar-refractivity contribution in [2.24, 2.45) is 0 Å². The van der Waals surface area contributed by atoms with Crippen molar-refractivity contribution in [1.82, 2.24) is 0 Å². The first kappa shape index (κ1) is 14.5. The number of alkyl halides is 3. The summed E-state index contributed by atoms with van der Waals surface area (Å²) in [4.78, 5) is -3.42. The summed E-state index contributed by atoms with van der Waals surface area (Å²) >= 11 is 2.18. The van der Waals surface area contributed by atoms with E-state index in [1.165, 1.54) is 6.07 Å². The highest BCUT2D eigenvalue weighted by Gasteiger charge is 2.39. The summed E-state index contributed by atoms with van der Waals surface area (Å²) in [6.45, 7) is 3.99. The van der Waals surface area contributed by atoms with Crippen LogP contribution in [0.1, 0.15) is 31.1 Å². The topological polar surface area (TPSA) is 38.7 Å². The molecule has 1 heterocycles. The highest BCUT2D eigenvalue weighted by atomic mass is 79.9. The second-order valence-electron chi connectivity index (χ2n) is 4.51. The lowest BCUT2D eigenvalue weighted by Gasteiger charge is -2.20. The Kier molecular flexibility index (Phi) is 4.01. The van der Waals surface area contributed by atoms with Gasteiger partial charge in [-0.15, -0.1) is 0 Å². The summed E-state index contributed by atoms with van der Waals surface area (Å²) in [5.41, 5.74) is 0.932. The average Bonchev–Trinajstić information content (AvgIpc) is 2.65. The van der Waals surface area contributed by atoms with E-state index in [0.717, 1.165) is 5.56 Å². The number of aliphatic hydroxyl groups is 1. The van der Waals surface area contributed by atoms with E-state index in [1.807, 2.05) is 6.92 Å². The van der Waals surface area contributed by atoms with Crippen molar-refractivity contribution in [3.8, 4) is 11.5 Å². The lowest BCUT2D eigenvalue weighted by molar-refractivity contribution is -0.0307. The SMILES string of the molecule is CCOc1cc2c(cc1C(O)C(F)(F)Br)OC(C)C2. The van der Waals surface area contributed by atoms with Crippen LogP contribution in [0.15, 0.2) is 12.1 Å². The van der Waals surface area contributed by atoms with E-state index in [4.69, 9.17) is 9.47 Å². The fourth-order valence-electron chi connectivity index (χ4n) is 2.13. The summed E-state index contributed by atoms with van der Waals surface area (Å²) in [5.74, 6) is 0.798. The minimum atomic E-state index is -3.42. The molecular formula is C13H15BrF2O3. The molecular weight excluding hydrogens is 322 g/mol. The number of fused-ring (bicyclic) bond motifs is 1. The fourth-order valence-corrected chi connectivity index (χ4v) is 2.37. The molecule has 2 unspecified atom stereocenters. The molecule has 0 amide bonds. The molecule has 0 radical (unpaired) electrons. The van der Waals surface area contributed by atoms with Crippen LogP contribution in [0.5, 0.6) is 11.5 Å². The predicted octanol–water partition coefficient (Wildman–Crippen LogP) is 3.43. The number of ether oxygens (including phenoxy) is 2. The lowest BCUT2D eigenvalue weighted by atomic mass is 10.0. The molecule has 106 valence electrons. The first-order valence-corrected chi connectivity index (χ1v) is 6.83. The molecule has 0 spiro atoms. The molecule has 1 aliphatic heterocycles. The zero-order valence-electron chi connectivity index (χ0n) is 10.6. The van der Waals surface area contributed by atoms with Crippen LogP contribution in [-0.2, 0) is 6.42 Å². The zero-order valence-corrected chi connectivity index (χ0v) is 12.2. The van der Waals surface area contributed by atoms with E-state index in [0.29, 0.717) is 18.8 Å². The minimum absolute atomic E-state index is 0.00125. The van der Waals surface area contributed by atoms with Gasteiger partial charge in [-0.05, 0) is 41.9 Å². The second-order valence-corrected chi connectivity index (χ2v) is 5.56. The average molecular weight is 337 g/mol. The monoisotopic (exact) mass is 336 g/mol. The Bertz CT molecular complexity index is 474. The van der Waals surface area contributed by atoms with E-state index < -0.39 is 10.9 Å². The molecule has 1 aromatic carbocycles. The smallest absolute Gasteiger partial charge is 0.330 e. The van der Waals surface area contributed by atoms with Crippen LogP contribution in [0.25, 0.3) is 0 Å². The van der Waals surface area contributed by atoms with Crippen molar-refractivity contribution < 1.29 is 23.4 Å². The molecule has 1 N–H and O–H groups in total. The molecule has 0 aromatic heterocycles. The van der Waals surface area contributed by atoms with Gasteiger partial charge >= 0.3 is 4.83 Å². The third kappa shape index (κ3) is 3.00. The minimum Gasteiger partial charge on any atom is -0.493 e. The van der Waals surface area contributed by atoms with Gasteiger partial charge < -0.3 is 14.6 Å². The molecule has 0 saturated heterocycles. The highest BCUT2D eigenvalue weighted by Crippen LogP contribution is 2.44. The molecule has 1 aliphatic rings. The van der Waals surface area contributed by atoms with Crippen molar-refractivity contribution in [3.05, 3.63) is 23.3 Å². The third-order valence-electron chi connectivity index (χ3n) is 2.93. The van der Waals surface area contributed by atoms with Crippen LogP contribution >= 0.6 is 15.9 Å². The van der Waals surface area contributed by atoms with E-state index in [2.05, 4.69) is 15.9 Å². The van der Waals surface area contributed by atoms with Gasteiger partial charge in [0.05, 0.1) is 6.61 Å². The van der Waals surface area contributed by atoms with E-state index in [9.17, 15) is 13.9 Å². The third-order valence-corrected chi connectivity index (χ3v) is 3.37. The Hall–Kier alpha value is -0.880. The van der Waals surface area contributed by atoms with E-state index >= 15 is 0 Å². The summed E-state index contributed by atoms with van der Waals surface area (Å²) in [7, 11) is 0. The van der Waals surface area contributed by atoms with Crippen LogP contribution < -0.4 is 9.47 Å². The molecule has 0 bridgehead atoms. The maximum absolute atomic E-state index is 13.2. The summed E-state index contributed by atoms with van der Waals surface area (Å²) in [6.07, 6.45) is -1.28. The van der Waals surface area contributed by atoms with Gasteiger partial charge in [-0.3, -0.25) is 0 Å². The number of aliphatic hydroxyl groups excluding tert-OH is 1. The maximum Gasteiger partial charge on any atom is 0.330 e. The second kappa shape index (κ2) is 5.25. The lowest BCUT2D eigenvalue weighted by Crippen LogP contribution is -2.19. The first-order chi connectivity index (χ1) is 8.82. The van der Waals surface area contributed by atoms with Crippen LogP contribution in [0, 0.1) is 0 Å². The summed E-state index contributed by atoms with van der Waals surface area (Å²) < 4.78 is 37.3. The summed E-state index contributed by atoms with van der Waals surface area (Å²) in [6, 6.07) is 3.10. The van der Waals surface area contributed by atoms with E-state index in [-0.39, 0.29) is 17.4 Å². The Balaban J connectivity index is 2.44. The predicted molar refractivity (Wildman–Crippen MR) is 70.2 cm³/mol. The number of halogens is 3. The van der Waals surface area contributed by atoms with Gasteiger partial charge in [-0.25, -0.2) is 0 Å². The number of hydrogen-bond donors (Lipinski definition) is 1. The van der Waals surface area contributed by atoms with Crippen molar-refractivity contribution >= 4 is 15.9 Å². The van der Waals surface area contributed by atoms with Crippen molar-refractivity contribution in [3.63, 3.8) is 0 Å². The van der Waals surface area contributed by atoms with Crippen LogP contribution in [0.4, 0.5) is 8.78 Å². The van der Waals surface area contributed by atoms with Gasteiger partial charge in [0.15, 0.2) is 6.10 Å². The highest BCUT2D eigenvalue weighted by molar-refractivity contribution is 9.10. The molecule has 2 rings (SSSR count). The molecule has 1 aromatic rings. The Labute approximate surface area is 118 Å². The molecule has 2 atom stereocenters. The Morgan fingerprint density at radius 1 is 1.58 bits per heavy atom. The standard InChI is InChI=1S/C13H15BrF2O3/c1-3-18-11-5-8-4-7(2)19-10(8)6-9(11)12(17)13(14,15)16/h5-7,12,17H,3-4H2,1-2H3. The van der Waals surface area contributed by atoms with Crippen LogP contribution in [-0.4, -0.2) is 22.6 Å². The Morgan fingerprint density at radius 3 is 2.84 bits per heavy atom.